The number of methoxy groups -OCH3 is 1. The summed E-state index contributed by atoms with van der Waals surface area (Å²) in [4.78, 5) is 4.88. The first-order valence-corrected chi connectivity index (χ1v) is 8.02. The lowest BCUT2D eigenvalue weighted by molar-refractivity contribution is 0.415. The number of aryl methyl sites for hydroxylation is 1. The Hall–Kier alpha value is -3.34. The zero-order valence-electron chi connectivity index (χ0n) is 14.1. The number of aromatic amines is 1. The average molecular weight is 330 g/mol. The van der Waals surface area contributed by atoms with Gasteiger partial charge in [0.15, 0.2) is 5.82 Å². The monoisotopic (exact) mass is 330 g/mol. The molecular formula is C20H18N4O. The topological polar surface area (TPSA) is 76.8 Å². The van der Waals surface area contributed by atoms with Crippen molar-refractivity contribution in [3.63, 3.8) is 0 Å². The molecule has 4 aromatic rings. The van der Waals surface area contributed by atoms with E-state index in [9.17, 15) is 0 Å². The molecular weight excluding hydrogens is 312 g/mol. The van der Waals surface area contributed by atoms with Crippen molar-refractivity contribution in [2.24, 2.45) is 0 Å². The minimum absolute atomic E-state index is 0.448. The Balaban J connectivity index is 1.94. The van der Waals surface area contributed by atoms with E-state index in [1.807, 2.05) is 30.3 Å². The van der Waals surface area contributed by atoms with E-state index < -0.39 is 0 Å². The summed E-state index contributed by atoms with van der Waals surface area (Å²) in [6.07, 6.45) is 0. The zero-order valence-corrected chi connectivity index (χ0v) is 14.1. The molecule has 25 heavy (non-hydrogen) atoms. The van der Waals surface area contributed by atoms with Gasteiger partial charge in [-0.05, 0) is 37.3 Å². The molecule has 2 heterocycles. The van der Waals surface area contributed by atoms with Crippen molar-refractivity contribution in [2.75, 3.05) is 12.8 Å². The number of nitrogen functional groups attached to an aromatic ring is 1. The number of H-pyrrole nitrogens is 1. The third kappa shape index (κ3) is 2.70. The Morgan fingerprint density at radius 1 is 0.960 bits per heavy atom. The first-order valence-electron chi connectivity index (χ1n) is 8.02. The molecule has 0 saturated carbocycles. The van der Waals surface area contributed by atoms with Crippen LogP contribution in [0.4, 0.5) is 5.82 Å². The number of aromatic nitrogens is 3. The van der Waals surface area contributed by atoms with Gasteiger partial charge in [-0.1, -0.05) is 29.8 Å². The number of nitrogens with one attached hydrogen (secondary N) is 1. The van der Waals surface area contributed by atoms with Gasteiger partial charge in [-0.3, -0.25) is 5.10 Å². The number of ether oxygens (including phenoxy) is 1. The molecule has 0 aliphatic carbocycles. The summed E-state index contributed by atoms with van der Waals surface area (Å²) in [5.41, 5.74) is 11.9. The predicted octanol–water partition coefficient (Wildman–Crippen LogP) is 4.19. The summed E-state index contributed by atoms with van der Waals surface area (Å²) >= 11 is 0. The van der Waals surface area contributed by atoms with E-state index in [1.165, 1.54) is 5.56 Å². The van der Waals surface area contributed by atoms with Crippen molar-refractivity contribution in [3.8, 4) is 28.3 Å². The molecule has 5 nitrogen and oxygen atoms in total. The number of nitrogens with two attached hydrogens (primary N) is 1. The van der Waals surface area contributed by atoms with E-state index >= 15 is 0 Å². The van der Waals surface area contributed by atoms with Gasteiger partial charge in [0.25, 0.3) is 0 Å². The van der Waals surface area contributed by atoms with Crippen LogP contribution in [0, 0.1) is 6.92 Å². The fourth-order valence-corrected chi connectivity index (χ4v) is 2.90. The van der Waals surface area contributed by atoms with E-state index in [-0.39, 0.29) is 0 Å². The molecule has 3 N–H and O–H groups in total. The highest BCUT2D eigenvalue weighted by atomic mass is 16.5. The van der Waals surface area contributed by atoms with Crippen LogP contribution in [-0.2, 0) is 0 Å². The summed E-state index contributed by atoms with van der Waals surface area (Å²) < 4.78 is 5.24. The normalized spacial score (nSPS) is 11.0. The second-order valence-electron chi connectivity index (χ2n) is 5.98. The lowest BCUT2D eigenvalue weighted by Crippen LogP contribution is -1.93. The molecule has 0 fully saturated rings. The number of pyridine rings is 1. The van der Waals surface area contributed by atoms with E-state index in [1.54, 1.807) is 7.11 Å². The molecule has 5 heteroatoms. The van der Waals surface area contributed by atoms with E-state index in [0.29, 0.717) is 5.82 Å². The number of hydrogen-bond acceptors (Lipinski definition) is 4. The molecule has 0 aliphatic rings. The molecule has 0 saturated heterocycles. The van der Waals surface area contributed by atoms with Crippen molar-refractivity contribution in [3.05, 3.63) is 60.2 Å². The fourth-order valence-electron chi connectivity index (χ4n) is 2.90. The zero-order chi connectivity index (χ0) is 17.4. The predicted molar refractivity (Wildman–Crippen MR) is 100 cm³/mol. The van der Waals surface area contributed by atoms with Crippen molar-refractivity contribution in [2.45, 2.75) is 6.92 Å². The van der Waals surface area contributed by atoms with Gasteiger partial charge < -0.3 is 10.5 Å². The molecule has 0 aliphatic heterocycles. The molecule has 0 unspecified atom stereocenters. The largest absolute Gasteiger partial charge is 0.497 e. The van der Waals surface area contributed by atoms with E-state index in [0.717, 1.165) is 39.2 Å². The number of hydrogen-bond donors (Lipinski definition) is 2. The average Bonchev–Trinajstić information content (AvgIpc) is 3.03. The first-order chi connectivity index (χ1) is 12.2. The minimum Gasteiger partial charge on any atom is -0.497 e. The van der Waals surface area contributed by atoms with Crippen molar-refractivity contribution >= 4 is 16.7 Å². The maximum Gasteiger partial charge on any atom is 0.155 e. The standard InChI is InChI=1S/C20H18N4O/c1-12-3-5-13(6-4-12)16-11-17-18(20(21)24-23-17)19(22-16)14-7-9-15(25-2)10-8-14/h3-11H,1-2H3,(H3,21,23,24). The van der Waals surface area contributed by atoms with Gasteiger partial charge >= 0.3 is 0 Å². The van der Waals surface area contributed by atoms with E-state index in [4.69, 9.17) is 15.5 Å². The first kappa shape index (κ1) is 15.2. The minimum atomic E-state index is 0.448. The third-order valence-corrected chi connectivity index (χ3v) is 4.28. The van der Waals surface area contributed by atoms with Crippen LogP contribution in [-0.4, -0.2) is 22.3 Å². The molecule has 124 valence electrons. The highest BCUT2D eigenvalue weighted by Crippen LogP contribution is 2.33. The second-order valence-corrected chi connectivity index (χ2v) is 5.98. The summed E-state index contributed by atoms with van der Waals surface area (Å²) in [6.45, 7) is 2.07. The molecule has 0 radical (unpaired) electrons. The van der Waals surface area contributed by atoms with E-state index in [2.05, 4.69) is 41.4 Å². The van der Waals surface area contributed by atoms with Crippen molar-refractivity contribution < 1.29 is 4.74 Å². The number of fused-ring (bicyclic) bond motifs is 1. The lowest BCUT2D eigenvalue weighted by atomic mass is 10.0. The maximum absolute atomic E-state index is 6.07. The molecule has 4 rings (SSSR count). The van der Waals surface area contributed by atoms with Gasteiger partial charge in [0.05, 0.1) is 29.4 Å². The Bertz CT molecular complexity index is 1030. The van der Waals surface area contributed by atoms with Crippen LogP contribution in [0.5, 0.6) is 5.75 Å². The molecule has 2 aromatic heterocycles. The van der Waals surface area contributed by atoms with Gasteiger partial charge in [-0.2, -0.15) is 5.10 Å². The summed E-state index contributed by atoms with van der Waals surface area (Å²) in [5.74, 6) is 1.25. The van der Waals surface area contributed by atoms with Gasteiger partial charge in [-0.25, -0.2) is 4.98 Å². The lowest BCUT2D eigenvalue weighted by Gasteiger charge is -2.09. The summed E-state index contributed by atoms with van der Waals surface area (Å²) in [6, 6.07) is 18.1. The van der Waals surface area contributed by atoms with Crippen molar-refractivity contribution in [1.82, 2.24) is 15.2 Å². The van der Waals surface area contributed by atoms with Crippen LogP contribution >= 0.6 is 0 Å². The van der Waals surface area contributed by atoms with Crippen LogP contribution in [0.25, 0.3) is 33.4 Å². The Labute approximate surface area is 145 Å². The van der Waals surface area contributed by atoms with Gasteiger partial charge in [-0.15, -0.1) is 0 Å². The molecule has 0 atom stereocenters. The maximum atomic E-state index is 6.07. The number of nitrogens with zero attached hydrogens (tertiary/aromatic N) is 2. The number of rotatable bonds is 3. The third-order valence-electron chi connectivity index (χ3n) is 4.28. The van der Waals surface area contributed by atoms with Crippen LogP contribution in [0.2, 0.25) is 0 Å². The Morgan fingerprint density at radius 3 is 2.32 bits per heavy atom. The smallest absolute Gasteiger partial charge is 0.155 e. The summed E-state index contributed by atoms with van der Waals surface area (Å²) in [7, 11) is 1.65. The highest BCUT2D eigenvalue weighted by Gasteiger charge is 2.14. The van der Waals surface area contributed by atoms with Crippen LogP contribution < -0.4 is 10.5 Å². The second kappa shape index (κ2) is 5.94. The number of benzene rings is 2. The molecule has 0 amide bonds. The SMILES string of the molecule is COc1ccc(-c2nc(-c3ccc(C)cc3)cc3[nH]nc(N)c23)cc1. The molecule has 0 spiro atoms. The fraction of sp³-hybridized carbons (Fsp3) is 0.100. The molecule has 0 bridgehead atoms. The van der Waals surface area contributed by atoms with Crippen molar-refractivity contribution in [1.29, 1.82) is 0 Å². The van der Waals surface area contributed by atoms with Crippen LogP contribution in [0.3, 0.4) is 0 Å². The van der Waals surface area contributed by atoms with Gasteiger partial charge in [0.2, 0.25) is 0 Å². The van der Waals surface area contributed by atoms with Gasteiger partial charge in [0.1, 0.15) is 5.75 Å². The Morgan fingerprint density at radius 2 is 1.64 bits per heavy atom. The molecule has 2 aromatic carbocycles. The van der Waals surface area contributed by atoms with Crippen LogP contribution in [0.1, 0.15) is 5.56 Å². The quantitative estimate of drug-likeness (QED) is 0.590. The van der Waals surface area contributed by atoms with Crippen LogP contribution in [0.15, 0.2) is 54.6 Å². The number of anilines is 1. The Kier molecular flexibility index (Phi) is 3.61. The van der Waals surface area contributed by atoms with Gasteiger partial charge in [0, 0.05) is 11.1 Å². The highest BCUT2D eigenvalue weighted by molar-refractivity contribution is 6.01. The summed E-state index contributed by atoms with van der Waals surface area (Å²) in [5, 5.41) is 7.99.